The number of nitrogens with zero attached hydrogens (tertiary/aromatic N) is 4. The number of amides is 1. The SMILES string of the molecule is CN(Cc1cnn(Cc2ccccc2)c1)C(=O)c1sccc1S(=O)(=O)N1CCCC1. The number of hydrogen-bond acceptors (Lipinski definition) is 5. The maximum absolute atomic E-state index is 13.0. The van der Waals surface area contributed by atoms with Crippen LogP contribution in [-0.4, -0.2) is 53.4 Å². The molecular formula is C21H24N4O3S2. The Morgan fingerprint density at radius 1 is 1.13 bits per heavy atom. The number of carbonyl (C=O) groups is 1. The normalized spacial score (nSPS) is 14.8. The van der Waals surface area contributed by atoms with Gasteiger partial charge in [0.15, 0.2) is 0 Å². The first-order valence-corrected chi connectivity index (χ1v) is 12.2. The fourth-order valence-electron chi connectivity index (χ4n) is 3.59. The third-order valence-electron chi connectivity index (χ3n) is 5.15. The van der Waals surface area contributed by atoms with Gasteiger partial charge in [-0.15, -0.1) is 11.3 Å². The molecule has 0 spiro atoms. The van der Waals surface area contributed by atoms with E-state index in [1.54, 1.807) is 23.5 Å². The lowest BCUT2D eigenvalue weighted by Gasteiger charge is -2.19. The Bertz CT molecular complexity index is 1120. The van der Waals surface area contributed by atoms with Gasteiger partial charge in [0, 0.05) is 38.4 Å². The molecule has 0 unspecified atom stereocenters. The lowest BCUT2D eigenvalue weighted by Crippen LogP contribution is -2.31. The summed E-state index contributed by atoms with van der Waals surface area (Å²) in [5, 5.41) is 6.04. The highest BCUT2D eigenvalue weighted by Gasteiger charge is 2.32. The molecule has 1 fully saturated rings. The van der Waals surface area contributed by atoms with E-state index in [0.29, 0.717) is 26.2 Å². The molecule has 1 aliphatic heterocycles. The van der Waals surface area contributed by atoms with Crippen molar-refractivity contribution < 1.29 is 13.2 Å². The zero-order chi connectivity index (χ0) is 21.1. The monoisotopic (exact) mass is 444 g/mol. The van der Waals surface area contributed by atoms with Crippen LogP contribution in [0.2, 0.25) is 0 Å². The lowest BCUT2D eigenvalue weighted by molar-refractivity contribution is 0.0786. The Balaban J connectivity index is 1.46. The van der Waals surface area contributed by atoms with Crippen molar-refractivity contribution in [2.24, 2.45) is 0 Å². The Hall–Kier alpha value is -2.49. The van der Waals surface area contributed by atoms with Crippen LogP contribution in [0.4, 0.5) is 0 Å². The van der Waals surface area contributed by atoms with E-state index in [0.717, 1.165) is 24.0 Å². The number of sulfonamides is 1. The number of aromatic nitrogens is 2. The summed E-state index contributed by atoms with van der Waals surface area (Å²) in [5.41, 5.74) is 2.04. The van der Waals surface area contributed by atoms with Gasteiger partial charge in [0.05, 0.1) is 12.7 Å². The highest BCUT2D eigenvalue weighted by Crippen LogP contribution is 2.28. The summed E-state index contributed by atoms with van der Waals surface area (Å²) in [6, 6.07) is 11.6. The highest BCUT2D eigenvalue weighted by atomic mass is 32.2. The van der Waals surface area contributed by atoms with Gasteiger partial charge < -0.3 is 4.90 Å². The minimum Gasteiger partial charge on any atom is -0.337 e. The predicted molar refractivity (Wildman–Crippen MR) is 116 cm³/mol. The van der Waals surface area contributed by atoms with Gasteiger partial charge in [-0.3, -0.25) is 9.48 Å². The maximum atomic E-state index is 13.0. The first kappa shape index (κ1) is 20.8. The van der Waals surface area contributed by atoms with Gasteiger partial charge in [-0.05, 0) is 29.9 Å². The average molecular weight is 445 g/mol. The maximum Gasteiger partial charge on any atom is 0.265 e. The summed E-state index contributed by atoms with van der Waals surface area (Å²) in [6.07, 6.45) is 5.37. The summed E-state index contributed by atoms with van der Waals surface area (Å²) in [5.74, 6) is -0.293. The Kier molecular flexibility index (Phi) is 6.03. The molecule has 30 heavy (non-hydrogen) atoms. The summed E-state index contributed by atoms with van der Waals surface area (Å²) in [7, 11) is -1.94. The number of thiophene rings is 1. The van der Waals surface area contributed by atoms with E-state index in [1.807, 2.05) is 41.2 Å². The van der Waals surface area contributed by atoms with Gasteiger partial charge in [-0.1, -0.05) is 30.3 Å². The fourth-order valence-corrected chi connectivity index (χ4v) is 6.49. The molecular weight excluding hydrogens is 420 g/mol. The Labute approximate surface area is 180 Å². The van der Waals surface area contributed by atoms with E-state index >= 15 is 0 Å². The molecule has 1 aliphatic rings. The summed E-state index contributed by atoms with van der Waals surface area (Å²) in [6.45, 7) is 2.04. The molecule has 0 atom stereocenters. The molecule has 2 aromatic heterocycles. The standard InChI is InChI=1S/C21H24N4O3S2/c1-23(14-18-13-22-24(16-18)15-17-7-3-2-4-8-17)21(26)20-19(9-12-29-20)30(27,28)25-10-5-6-11-25/h2-4,7-9,12-13,16H,5-6,10-11,14-15H2,1H3. The van der Waals surface area contributed by atoms with Crippen LogP contribution in [0.1, 0.15) is 33.6 Å². The number of hydrogen-bond donors (Lipinski definition) is 0. The average Bonchev–Trinajstić information content (AvgIpc) is 3.50. The molecule has 4 rings (SSSR count). The van der Waals surface area contributed by atoms with Gasteiger partial charge in [0.1, 0.15) is 9.77 Å². The van der Waals surface area contributed by atoms with E-state index in [-0.39, 0.29) is 15.7 Å². The fraction of sp³-hybridized carbons (Fsp3) is 0.333. The van der Waals surface area contributed by atoms with Crippen LogP contribution in [0.15, 0.2) is 59.1 Å². The van der Waals surface area contributed by atoms with E-state index < -0.39 is 10.0 Å². The van der Waals surface area contributed by atoms with Crippen LogP contribution in [-0.2, 0) is 23.1 Å². The topological polar surface area (TPSA) is 75.5 Å². The van der Waals surface area contributed by atoms with Crippen molar-refractivity contribution in [2.45, 2.75) is 30.8 Å². The van der Waals surface area contributed by atoms with Crippen LogP contribution >= 0.6 is 11.3 Å². The Morgan fingerprint density at radius 3 is 2.60 bits per heavy atom. The van der Waals surface area contributed by atoms with Crippen LogP contribution in [0.3, 0.4) is 0 Å². The molecule has 158 valence electrons. The summed E-state index contributed by atoms with van der Waals surface area (Å²) in [4.78, 5) is 14.9. The minimum atomic E-state index is -3.63. The van der Waals surface area contributed by atoms with Crippen molar-refractivity contribution >= 4 is 27.3 Å². The van der Waals surface area contributed by atoms with Gasteiger partial charge in [0.2, 0.25) is 10.0 Å². The van der Waals surface area contributed by atoms with Crippen molar-refractivity contribution in [3.05, 3.63) is 70.2 Å². The largest absolute Gasteiger partial charge is 0.337 e. The van der Waals surface area contributed by atoms with Gasteiger partial charge in [-0.25, -0.2) is 8.42 Å². The molecule has 0 radical (unpaired) electrons. The number of rotatable bonds is 7. The molecule has 7 nitrogen and oxygen atoms in total. The van der Waals surface area contributed by atoms with Crippen molar-refractivity contribution in [1.82, 2.24) is 19.0 Å². The lowest BCUT2D eigenvalue weighted by atomic mass is 10.2. The van der Waals surface area contributed by atoms with Gasteiger partial charge >= 0.3 is 0 Å². The van der Waals surface area contributed by atoms with Crippen LogP contribution < -0.4 is 0 Å². The second kappa shape index (κ2) is 8.71. The molecule has 0 aliphatic carbocycles. The van der Waals surface area contributed by atoms with E-state index in [1.165, 1.54) is 21.7 Å². The summed E-state index contributed by atoms with van der Waals surface area (Å²) >= 11 is 1.17. The first-order valence-electron chi connectivity index (χ1n) is 9.83. The highest BCUT2D eigenvalue weighted by molar-refractivity contribution is 7.89. The van der Waals surface area contributed by atoms with Crippen molar-refractivity contribution in [3.8, 4) is 0 Å². The van der Waals surface area contributed by atoms with Gasteiger partial charge in [0.25, 0.3) is 5.91 Å². The molecule has 0 saturated carbocycles. The predicted octanol–water partition coefficient (Wildman–Crippen LogP) is 3.05. The first-order chi connectivity index (χ1) is 14.4. The van der Waals surface area contributed by atoms with E-state index in [9.17, 15) is 13.2 Å². The van der Waals surface area contributed by atoms with E-state index in [4.69, 9.17) is 0 Å². The van der Waals surface area contributed by atoms with Crippen molar-refractivity contribution in [2.75, 3.05) is 20.1 Å². The minimum absolute atomic E-state index is 0.117. The van der Waals surface area contributed by atoms with Crippen LogP contribution in [0.25, 0.3) is 0 Å². The zero-order valence-corrected chi connectivity index (χ0v) is 18.4. The third kappa shape index (κ3) is 4.33. The zero-order valence-electron chi connectivity index (χ0n) is 16.8. The summed E-state index contributed by atoms with van der Waals surface area (Å²) < 4.78 is 29.2. The smallest absolute Gasteiger partial charge is 0.265 e. The number of benzene rings is 1. The van der Waals surface area contributed by atoms with E-state index in [2.05, 4.69) is 5.10 Å². The van der Waals surface area contributed by atoms with Gasteiger partial charge in [-0.2, -0.15) is 9.40 Å². The second-order valence-electron chi connectivity index (χ2n) is 7.42. The van der Waals surface area contributed by atoms with Crippen LogP contribution in [0, 0.1) is 0 Å². The molecule has 0 bridgehead atoms. The molecule has 1 amide bonds. The quantitative estimate of drug-likeness (QED) is 0.561. The molecule has 0 N–H and O–H groups in total. The third-order valence-corrected chi connectivity index (χ3v) is 8.12. The molecule has 1 aromatic carbocycles. The molecule has 3 heterocycles. The molecule has 3 aromatic rings. The van der Waals surface area contributed by atoms with Crippen molar-refractivity contribution in [3.63, 3.8) is 0 Å². The number of carbonyl (C=O) groups excluding carboxylic acids is 1. The second-order valence-corrected chi connectivity index (χ2v) is 10.2. The van der Waals surface area contributed by atoms with Crippen LogP contribution in [0.5, 0.6) is 0 Å². The Morgan fingerprint density at radius 2 is 1.87 bits per heavy atom. The van der Waals surface area contributed by atoms with Crippen molar-refractivity contribution in [1.29, 1.82) is 0 Å². The molecule has 9 heteroatoms. The molecule has 1 saturated heterocycles.